The third kappa shape index (κ3) is 5.07. The number of benzene rings is 2. The highest BCUT2D eigenvalue weighted by atomic mass is 35.5. The molecule has 1 aromatic heterocycles. The molecule has 0 fully saturated rings. The Bertz CT molecular complexity index is 965. The SMILES string of the molecule is CCN(CC)C(C)c1c(-c2ccc(Cl)cc2)c(CC(=O)O)cn1-c1ccccc1.Cl. The first-order valence-corrected chi connectivity index (χ1v) is 10.3. The number of para-hydroxylation sites is 1. The first-order chi connectivity index (χ1) is 14.0. The molecule has 4 nitrogen and oxygen atoms in total. The number of rotatable bonds is 8. The van der Waals surface area contributed by atoms with Crippen molar-refractivity contribution in [2.45, 2.75) is 33.2 Å². The summed E-state index contributed by atoms with van der Waals surface area (Å²) in [6.45, 7) is 8.30. The normalized spacial score (nSPS) is 11.9. The van der Waals surface area contributed by atoms with E-state index in [-0.39, 0.29) is 24.9 Å². The average Bonchev–Trinajstić information content (AvgIpc) is 3.08. The molecule has 2 aromatic carbocycles. The van der Waals surface area contributed by atoms with Gasteiger partial charge in [0.25, 0.3) is 0 Å². The van der Waals surface area contributed by atoms with Crippen LogP contribution in [0.1, 0.15) is 38.1 Å². The maximum absolute atomic E-state index is 11.6. The molecule has 1 atom stereocenters. The van der Waals surface area contributed by atoms with Crippen LogP contribution >= 0.6 is 24.0 Å². The predicted octanol–water partition coefficient (Wildman–Crippen LogP) is 6.25. The van der Waals surface area contributed by atoms with Crippen LogP contribution in [0.2, 0.25) is 5.02 Å². The van der Waals surface area contributed by atoms with E-state index in [0.717, 1.165) is 41.2 Å². The monoisotopic (exact) mass is 446 g/mol. The lowest BCUT2D eigenvalue weighted by atomic mass is 9.96. The molecule has 6 heteroatoms. The largest absolute Gasteiger partial charge is 0.481 e. The van der Waals surface area contributed by atoms with E-state index in [9.17, 15) is 9.90 Å². The average molecular weight is 447 g/mol. The molecule has 3 aromatic rings. The van der Waals surface area contributed by atoms with Crippen LogP contribution in [-0.2, 0) is 11.2 Å². The van der Waals surface area contributed by atoms with Crippen LogP contribution in [0.5, 0.6) is 0 Å². The number of carboxylic acid groups (broad SMARTS) is 1. The highest BCUT2D eigenvalue weighted by Crippen LogP contribution is 2.38. The van der Waals surface area contributed by atoms with Crippen molar-refractivity contribution in [2.24, 2.45) is 0 Å². The molecule has 3 rings (SSSR count). The summed E-state index contributed by atoms with van der Waals surface area (Å²) in [5.41, 5.74) is 4.88. The third-order valence-corrected chi connectivity index (χ3v) is 5.64. The summed E-state index contributed by atoms with van der Waals surface area (Å²) in [6.07, 6.45) is 1.94. The van der Waals surface area contributed by atoms with Crippen LogP contribution in [0, 0.1) is 0 Å². The quantitative estimate of drug-likeness (QED) is 0.444. The van der Waals surface area contributed by atoms with Gasteiger partial charge in [0.05, 0.1) is 6.42 Å². The fourth-order valence-electron chi connectivity index (χ4n) is 3.98. The minimum absolute atomic E-state index is 0. The van der Waals surface area contributed by atoms with Crippen LogP contribution in [-0.4, -0.2) is 33.6 Å². The van der Waals surface area contributed by atoms with Gasteiger partial charge in [0.1, 0.15) is 0 Å². The maximum Gasteiger partial charge on any atom is 0.307 e. The standard InChI is InChI=1S/C24H27ClN2O2.ClH/c1-4-26(5-2)17(3)24-23(18-11-13-20(25)14-12-18)19(15-22(28)29)16-27(24)21-9-7-6-8-10-21;/h6-14,16-17H,4-5,15H2,1-3H3,(H,28,29);1H. The number of aromatic nitrogens is 1. The Morgan fingerprint density at radius 1 is 1.07 bits per heavy atom. The van der Waals surface area contributed by atoms with Gasteiger partial charge in [-0.05, 0) is 55.4 Å². The summed E-state index contributed by atoms with van der Waals surface area (Å²) in [5.74, 6) is -0.840. The second kappa shape index (κ2) is 10.7. The molecular weight excluding hydrogens is 419 g/mol. The molecule has 0 aliphatic rings. The Morgan fingerprint density at radius 2 is 1.67 bits per heavy atom. The van der Waals surface area contributed by atoms with E-state index in [1.807, 2.05) is 48.7 Å². The number of hydrogen-bond acceptors (Lipinski definition) is 2. The highest BCUT2D eigenvalue weighted by molar-refractivity contribution is 6.30. The van der Waals surface area contributed by atoms with Gasteiger partial charge in [0, 0.05) is 34.2 Å². The van der Waals surface area contributed by atoms with Crippen LogP contribution < -0.4 is 0 Å². The van der Waals surface area contributed by atoms with E-state index in [1.54, 1.807) is 0 Å². The van der Waals surface area contributed by atoms with Crippen molar-refractivity contribution in [1.82, 2.24) is 9.47 Å². The first-order valence-electron chi connectivity index (χ1n) is 9.97. The van der Waals surface area contributed by atoms with Crippen molar-refractivity contribution in [3.05, 3.63) is 77.1 Å². The van der Waals surface area contributed by atoms with E-state index in [1.165, 1.54) is 0 Å². The van der Waals surface area contributed by atoms with Gasteiger partial charge in [-0.1, -0.05) is 55.8 Å². The lowest BCUT2D eigenvalue weighted by Crippen LogP contribution is -2.28. The number of carbonyl (C=O) groups is 1. The molecule has 0 bridgehead atoms. The van der Waals surface area contributed by atoms with Crippen molar-refractivity contribution in [1.29, 1.82) is 0 Å². The zero-order valence-electron chi connectivity index (χ0n) is 17.5. The maximum atomic E-state index is 11.6. The molecular formula is C24H28Cl2N2O2. The zero-order valence-corrected chi connectivity index (χ0v) is 19.1. The molecule has 0 spiro atoms. The second-order valence-corrected chi connectivity index (χ2v) is 7.53. The van der Waals surface area contributed by atoms with Crippen LogP contribution in [0.4, 0.5) is 0 Å². The van der Waals surface area contributed by atoms with Crippen molar-refractivity contribution >= 4 is 30.0 Å². The number of carboxylic acids is 1. The Hall–Kier alpha value is -2.27. The lowest BCUT2D eigenvalue weighted by molar-refractivity contribution is -0.136. The van der Waals surface area contributed by atoms with E-state index < -0.39 is 5.97 Å². The van der Waals surface area contributed by atoms with Crippen molar-refractivity contribution in [2.75, 3.05) is 13.1 Å². The van der Waals surface area contributed by atoms with Crippen LogP contribution in [0.3, 0.4) is 0 Å². The molecule has 0 saturated heterocycles. The van der Waals surface area contributed by atoms with Gasteiger partial charge in [0.2, 0.25) is 0 Å². The third-order valence-electron chi connectivity index (χ3n) is 5.39. The minimum Gasteiger partial charge on any atom is -0.481 e. The fourth-order valence-corrected chi connectivity index (χ4v) is 4.10. The van der Waals surface area contributed by atoms with Gasteiger partial charge in [-0.25, -0.2) is 0 Å². The Labute approximate surface area is 189 Å². The number of nitrogens with zero attached hydrogens (tertiary/aromatic N) is 2. The highest BCUT2D eigenvalue weighted by Gasteiger charge is 2.26. The van der Waals surface area contributed by atoms with Gasteiger partial charge >= 0.3 is 5.97 Å². The number of aliphatic carboxylic acids is 1. The number of hydrogen-bond donors (Lipinski definition) is 1. The van der Waals surface area contributed by atoms with Gasteiger partial charge < -0.3 is 9.67 Å². The van der Waals surface area contributed by atoms with Gasteiger partial charge in [0.15, 0.2) is 0 Å². The Kier molecular flexibility index (Phi) is 8.54. The predicted molar refractivity (Wildman–Crippen MR) is 126 cm³/mol. The van der Waals surface area contributed by atoms with E-state index in [4.69, 9.17) is 11.6 Å². The van der Waals surface area contributed by atoms with E-state index >= 15 is 0 Å². The second-order valence-electron chi connectivity index (χ2n) is 7.09. The molecule has 0 radical (unpaired) electrons. The van der Waals surface area contributed by atoms with Gasteiger partial charge in [-0.2, -0.15) is 0 Å². The zero-order chi connectivity index (χ0) is 21.0. The molecule has 0 aliphatic heterocycles. The molecule has 160 valence electrons. The summed E-state index contributed by atoms with van der Waals surface area (Å²) in [4.78, 5) is 14.0. The van der Waals surface area contributed by atoms with E-state index in [0.29, 0.717) is 5.02 Å². The summed E-state index contributed by atoms with van der Waals surface area (Å²) in [7, 11) is 0. The van der Waals surface area contributed by atoms with Gasteiger partial charge in [-0.3, -0.25) is 9.69 Å². The summed E-state index contributed by atoms with van der Waals surface area (Å²) >= 11 is 6.11. The van der Waals surface area contributed by atoms with Crippen LogP contribution in [0.15, 0.2) is 60.8 Å². The van der Waals surface area contributed by atoms with Gasteiger partial charge in [-0.15, -0.1) is 12.4 Å². The molecule has 1 heterocycles. The Balaban J connectivity index is 0.00000320. The molecule has 30 heavy (non-hydrogen) atoms. The Morgan fingerprint density at radius 3 is 2.20 bits per heavy atom. The van der Waals surface area contributed by atoms with Crippen molar-refractivity contribution in [3.63, 3.8) is 0 Å². The molecule has 1 N–H and O–H groups in total. The topological polar surface area (TPSA) is 45.5 Å². The molecule has 0 amide bonds. The number of halogens is 2. The van der Waals surface area contributed by atoms with Crippen molar-refractivity contribution < 1.29 is 9.90 Å². The summed E-state index contributed by atoms with van der Waals surface area (Å²) < 4.78 is 2.14. The molecule has 0 saturated carbocycles. The summed E-state index contributed by atoms with van der Waals surface area (Å²) in [6, 6.07) is 17.8. The van der Waals surface area contributed by atoms with Crippen molar-refractivity contribution in [3.8, 4) is 16.8 Å². The molecule has 0 aliphatic carbocycles. The lowest BCUT2D eigenvalue weighted by Gasteiger charge is -2.29. The van der Waals surface area contributed by atoms with E-state index in [2.05, 4.69) is 42.4 Å². The smallest absolute Gasteiger partial charge is 0.307 e. The summed E-state index contributed by atoms with van der Waals surface area (Å²) in [5, 5.41) is 10.2. The minimum atomic E-state index is -0.840. The fraction of sp³-hybridized carbons (Fsp3) is 0.292. The first kappa shape index (κ1) is 24.0. The molecule has 1 unspecified atom stereocenters. The van der Waals surface area contributed by atoms with Crippen LogP contribution in [0.25, 0.3) is 16.8 Å².